The summed E-state index contributed by atoms with van der Waals surface area (Å²) in [5.41, 5.74) is 0.720. The van der Waals surface area contributed by atoms with E-state index in [4.69, 9.17) is 9.47 Å². The Hall–Kier alpha value is 0.350. The van der Waals surface area contributed by atoms with Crippen LogP contribution in [0.25, 0.3) is 0 Å². The molecular weight excluding hydrogens is 1020 g/mol. The molecule has 0 N–H and O–H groups in total. The number of hydrogen-bond donors (Lipinski definition) is 0. The first kappa shape index (κ1) is 53.4. The van der Waals surface area contributed by atoms with Crippen LogP contribution in [0.5, 0.6) is 0 Å². The van der Waals surface area contributed by atoms with E-state index in [1.807, 2.05) is 6.07 Å². The largest absolute Gasteiger partial charge is 0.462 e. The molecule has 0 unspecified atom stereocenters. The van der Waals surface area contributed by atoms with Gasteiger partial charge >= 0.3 is 11.9 Å². The lowest BCUT2D eigenvalue weighted by Gasteiger charge is -2.14. The van der Waals surface area contributed by atoms with Crippen molar-refractivity contribution < 1.29 is 19.1 Å². The molecule has 0 bridgehead atoms. The minimum absolute atomic E-state index is 0.357. The fourth-order valence-corrected chi connectivity index (χ4v) is 10.1. The van der Waals surface area contributed by atoms with Gasteiger partial charge in [-0.15, -0.1) is 0 Å². The summed E-state index contributed by atoms with van der Waals surface area (Å²) >= 11 is 6.55. The van der Waals surface area contributed by atoms with Gasteiger partial charge in [-0.3, -0.25) is 0 Å². The van der Waals surface area contributed by atoms with Crippen LogP contribution in [0.15, 0.2) is 6.07 Å². The fourth-order valence-electron chi connectivity index (χ4n) is 7.47. The smallest absolute Gasteiger partial charge is 0.340 e. The van der Waals surface area contributed by atoms with Crippen LogP contribution in [0.2, 0.25) is 0 Å². The number of halogens is 3. The highest BCUT2D eigenvalue weighted by atomic mass is 127. The molecule has 0 aliphatic rings. The van der Waals surface area contributed by atoms with Gasteiger partial charge in [-0.1, -0.05) is 232 Å². The Balaban J connectivity index is 2.12. The van der Waals surface area contributed by atoms with Crippen LogP contribution < -0.4 is 0 Å². The summed E-state index contributed by atoms with van der Waals surface area (Å²) in [6.45, 7) is 5.36. The van der Waals surface area contributed by atoms with Crippen LogP contribution in [-0.2, 0) is 9.47 Å². The van der Waals surface area contributed by atoms with E-state index in [-0.39, 0.29) is 0 Å². The van der Waals surface area contributed by atoms with E-state index in [9.17, 15) is 9.59 Å². The number of esters is 2. The van der Waals surface area contributed by atoms with Crippen LogP contribution in [0.4, 0.5) is 0 Å². The lowest BCUT2D eigenvalue weighted by molar-refractivity contribution is 0.0448. The van der Waals surface area contributed by atoms with Gasteiger partial charge in [0.1, 0.15) is 0 Å². The van der Waals surface area contributed by atoms with E-state index in [1.165, 1.54) is 205 Å². The molecule has 0 amide bonds. The SMILES string of the molecule is CCCCCCCCCCCCCCCCCCCCOC(=O)c1c(I)cc(I)c(I)c1C(=O)OCCCCCCCCCCCCCCCCCCCC. The second kappa shape index (κ2) is 39.8. The molecule has 1 rings (SSSR count). The van der Waals surface area contributed by atoms with Crippen molar-refractivity contribution >= 4 is 79.7 Å². The van der Waals surface area contributed by atoms with E-state index in [1.54, 1.807) is 0 Å². The Bertz CT molecular complexity index is 1060. The maximum Gasteiger partial charge on any atom is 0.340 e. The predicted molar refractivity (Wildman–Crippen MR) is 263 cm³/mol. The number of carbonyl (C=O) groups excluding carboxylic acids is 2. The number of rotatable bonds is 40. The molecule has 0 atom stereocenters. The highest BCUT2D eigenvalue weighted by Gasteiger charge is 2.27. The first-order valence-electron chi connectivity index (χ1n) is 23.5. The predicted octanol–water partition coefficient (Wildman–Crippen LogP) is 17.9. The third-order valence-corrected chi connectivity index (χ3v) is 14.9. The van der Waals surface area contributed by atoms with Crippen molar-refractivity contribution in [3.05, 3.63) is 27.9 Å². The molecule has 320 valence electrons. The maximum absolute atomic E-state index is 13.3. The quantitative estimate of drug-likeness (QED) is 0.0284. The maximum atomic E-state index is 13.3. The fraction of sp³-hybridized carbons (Fsp3) is 0.833. The zero-order valence-electron chi connectivity index (χ0n) is 35.7. The average Bonchev–Trinajstić information content (AvgIpc) is 3.17. The molecule has 0 heterocycles. The van der Waals surface area contributed by atoms with Crippen molar-refractivity contribution in [1.29, 1.82) is 0 Å². The highest BCUT2D eigenvalue weighted by Crippen LogP contribution is 2.29. The summed E-state index contributed by atoms with van der Waals surface area (Å²) in [5, 5.41) is 0. The summed E-state index contributed by atoms with van der Waals surface area (Å²) in [7, 11) is 0. The first-order valence-corrected chi connectivity index (χ1v) is 26.7. The van der Waals surface area contributed by atoms with Crippen LogP contribution in [-0.4, -0.2) is 25.2 Å². The Morgan fingerprint density at radius 1 is 0.364 bits per heavy atom. The standard InChI is InChI=1S/C48H83I3O4/c1-3-5-7-9-11-13-15-17-19-21-23-25-27-29-31-33-35-37-39-54-47(52)44-42(49)41-43(50)46(51)45(44)48(53)55-40-38-36-34-32-30-28-26-24-22-20-18-16-14-12-10-8-6-4-2/h41H,3-40H2,1-2H3. The van der Waals surface area contributed by atoms with Crippen molar-refractivity contribution in [3.8, 4) is 0 Å². The molecule has 0 aliphatic carbocycles. The van der Waals surface area contributed by atoms with E-state index in [0.717, 1.165) is 36.4 Å². The molecule has 55 heavy (non-hydrogen) atoms. The summed E-state index contributed by atoms with van der Waals surface area (Å²) in [6, 6.07) is 1.95. The highest BCUT2D eigenvalue weighted by molar-refractivity contribution is 14.1. The van der Waals surface area contributed by atoms with Gasteiger partial charge in [0.25, 0.3) is 0 Å². The molecule has 0 fully saturated rings. The van der Waals surface area contributed by atoms with Gasteiger partial charge in [0, 0.05) is 10.7 Å². The van der Waals surface area contributed by atoms with Gasteiger partial charge in [0.15, 0.2) is 0 Å². The molecule has 1 aromatic carbocycles. The number of benzene rings is 1. The van der Waals surface area contributed by atoms with Crippen LogP contribution in [0, 0.1) is 10.7 Å². The topological polar surface area (TPSA) is 52.6 Å². The van der Waals surface area contributed by atoms with E-state index < -0.39 is 11.9 Å². The lowest BCUT2D eigenvalue weighted by atomic mass is 10.0. The third kappa shape index (κ3) is 30.1. The lowest BCUT2D eigenvalue weighted by Crippen LogP contribution is -2.19. The second-order valence-electron chi connectivity index (χ2n) is 16.2. The van der Waals surface area contributed by atoms with Gasteiger partial charge in [-0.25, -0.2) is 9.59 Å². The van der Waals surface area contributed by atoms with Crippen molar-refractivity contribution in [2.45, 2.75) is 245 Å². The van der Waals surface area contributed by atoms with Gasteiger partial charge in [-0.05, 0) is 86.7 Å². The summed E-state index contributed by atoms with van der Waals surface area (Å²) in [5.74, 6) is -0.821. The van der Waals surface area contributed by atoms with Crippen molar-refractivity contribution in [3.63, 3.8) is 0 Å². The Morgan fingerprint density at radius 2 is 0.600 bits per heavy atom. The molecule has 1 aromatic rings. The summed E-state index contributed by atoms with van der Waals surface area (Å²) in [4.78, 5) is 26.5. The van der Waals surface area contributed by atoms with E-state index in [2.05, 4.69) is 81.6 Å². The average molecular weight is 1100 g/mol. The first-order chi connectivity index (χ1) is 26.9. The normalized spacial score (nSPS) is 11.4. The molecular formula is C48H83I3O4. The second-order valence-corrected chi connectivity index (χ2v) is 19.6. The van der Waals surface area contributed by atoms with E-state index in [0.29, 0.717) is 24.3 Å². The Morgan fingerprint density at radius 3 is 0.873 bits per heavy atom. The van der Waals surface area contributed by atoms with Crippen molar-refractivity contribution in [2.24, 2.45) is 0 Å². The monoisotopic (exact) mass is 1100 g/mol. The molecule has 0 saturated carbocycles. The molecule has 7 heteroatoms. The molecule has 4 nitrogen and oxygen atoms in total. The van der Waals surface area contributed by atoms with Crippen LogP contribution in [0.1, 0.15) is 266 Å². The van der Waals surface area contributed by atoms with Gasteiger partial charge in [0.05, 0.1) is 24.3 Å². The van der Waals surface area contributed by atoms with Crippen LogP contribution >= 0.6 is 67.8 Å². The third-order valence-electron chi connectivity index (χ3n) is 11.0. The van der Waals surface area contributed by atoms with Crippen molar-refractivity contribution in [2.75, 3.05) is 13.2 Å². The van der Waals surface area contributed by atoms with Crippen molar-refractivity contribution in [1.82, 2.24) is 0 Å². The van der Waals surface area contributed by atoms with Gasteiger partial charge in [-0.2, -0.15) is 0 Å². The molecule has 0 saturated heterocycles. The minimum atomic E-state index is -0.411. The summed E-state index contributed by atoms with van der Waals surface area (Å²) in [6.07, 6.45) is 47.8. The zero-order chi connectivity index (χ0) is 40.0. The summed E-state index contributed by atoms with van der Waals surface area (Å²) < 4.78 is 13.9. The van der Waals surface area contributed by atoms with Gasteiger partial charge in [0.2, 0.25) is 0 Å². The van der Waals surface area contributed by atoms with E-state index >= 15 is 0 Å². The Kier molecular flexibility index (Phi) is 38.6. The molecule has 0 aromatic heterocycles. The number of unbranched alkanes of at least 4 members (excludes halogenated alkanes) is 34. The number of hydrogen-bond acceptors (Lipinski definition) is 4. The number of ether oxygens (including phenoxy) is 2. The Labute approximate surface area is 381 Å². The zero-order valence-corrected chi connectivity index (χ0v) is 42.2. The van der Waals surface area contributed by atoms with Gasteiger partial charge < -0.3 is 9.47 Å². The number of carbonyl (C=O) groups is 2. The molecule has 0 aliphatic heterocycles. The van der Waals surface area contributed by atoms with Crippen LogP contribution in [0.3, 0.4) is 0 Å². The minimum Gasteiger partial charge on any atom is -0.462 e. The molecule has 0 spiro atoms. The molecule has 0 radical (unpaired) electrons.